The second kappa shape index (κ2) is 8.03. The van der Waals surface area contributed by atoms with Crippen LogP contribution >= 0.6 is 11.6 Å². The van der Waals surface area contributed by atoms with E-state index >= 15 is 0 Å². The third kappa shape index (κ3) is 4.10. The van der Waals surface area contributed by atoms with Gasteiger partial charge in [-0.15, -0.1) is 0 Å². The molecule has 0 radical (unpaired) electrons. The number of carbonyl (C=O) groups is 1. The molecular formula is C21H21ClN2O3. The van der Waals surface area contributed by atoms with Crippen molar-refractivity contribution in [2.75, 3.05) is 13.1 Å². The van der Waals surface area contributed by atoms with E-state index < -0.39 is 0 Å². The molecule has 4 rings (SSSR count). The first-order valence-corrected chi connectivity index (χ1v) is 9.47. The summed E-state index contributed by atoms with van der Waals surface area (Å²) in [5.41, 5.74) is 1.51. The molecule has 0 saturated carbocycles. The minimum atomic E-state index is 0.0395. The lowest BCUT2D eigenvalue weighted by Gasteiger charge is -2.32. The van der Waals surface area contributed by atoms with Gasteiger partial charge in [0.1, 0.15) is 17.8 Å². The number of nitrogens with zero attached hydrogens (tertiary/aromatic N) is 1. The van der Waals surface area contributed by atoms with E-state index in [4.69, 9.17) is 20.4 Å². The van der Waals surface area contributed by atoms with Crippen LogP contribution in [0.4, 0.5) is 0 Å². The first-order valence-electron chi connectivity index (χ1n) is 9.09. The zero-order valence-corrected chi connectivity index (χ0v) is 15.6. The third-order valence-electron chi connectivity index (χ3n) is 4.92. The van der Waals surface area contributed by atoms with Gasteiger partial charge in [0.2, 0.25) is 0 Å². The fraction of sp³-hybridized carbons (Fsp3) is 0.286. The van der Waals surface area contributed by atoms with E-state index in [9.17, 15) is 4.79 Å². The highest BCUT2D eigenvalue weighted by Gasteiger charge is 2.24. The van der Waals surface area contributed by atoms with Crippen LogP contribution in [0.15, 0.2) is 63.8 Å². The molecule has 0 spiro atoms. The van der Waals surface area contributed by atoms with Gasteiger partial charge in [0.25, 0.3) is 5.91 Å². The Morgan fingerprint density at radius 3 is 2.70 bits per heavy atom. The lowest BCUT2D eigenvalue weighted by Crippen LogP contribution is -2.44. The molecule has 1 fully saturated rings. The van der Waals surface area contributed by atoms with Crippen molar-refractivity contribution in [3.8, 4) is 11.3 Å². The van der Waals surface area contributed by atoms with Crippen LogP contribution in [0.5, 0.6) is 0 Å². The molecular weight excluding hydrogens is 364 g/mol. The van der Waals surface area contributed by atoms with Crippen molar-refractivity contribution in [3.05, 3.63) is 71.3 Å². The molecule has 3 heterocycles. The van der Waals surface area contributed by atoms with Crippen LogP contribution in [-0.4, -0.2) is 29.9 Å². The number of rotatable bonds is 5. The Morgan fingerprint density at radius 1 is 1.15 bits per heavy atom. The third-order valence-corrected chi connectivity index (χ3v) is 5.25. The molecule has 1 aliphatic rings. The number of piperidine rings is 1. The molecule has 1 amide bonds. The van der Waals surface area contributed by atoms with Gasteiger partial charge in [-0.25, -0.2) is 0 Å². The van der Waals surface area contributed by atoms with E-state index in [2.05, 4.69) is 5.32 Å². The summed E-state index contributed by atoms with van der Waals surface area (Å²) in [6.07, 6.45) is 4.87. The molecule has 1 saturated heterocycles. The van der Waals surface area contributed by atoms with E-state index in [-0.39, 0.29) is 5.91 Å². The van der Waals surface area contributed by atoms with Crippen LogP contribution in [0, 0.1) is 0 Å². The minimum absolute atomic E-state index is 0.0395. The zero-order chi connectivity index (χ0) is 18.6. The van der Waals surface area contributed by atoms with E-state index in [1.54, 1.807) is 6.07 Å². The average molecular weight is 385 g/mol. The number of likely N-dealkylation sites (tertiary alicyclic amines) is 1. The summed E-state index contributed by atoms with van der Waals surface area (Å²) in [7, 11) is 0. The summed E-state index contributed by atoms with van der Waals surface area (Å²) >= 11 is 6.23. The Hall–Kier alpha value is -2.50. The number of nitrogens with one attached hydrogen (secondary N) is 1. The lowest BCUT2D eigenvalue weighted by atomic mass is 10.0. The van der Waals surface area contributed by atoms with Gasteiger partial charge in [-0.3, -0.25) is 4.79 Å². The Labute approximate surface area is 162 Å². The standard InChI is InChI=1S/C21H21ClN2O3/c22-19-4-2-1-3-18(19)20-6-5-17(27-20)13-23-16-7-10-24(11-8-16)21(25)15-9-12-26-14-15/h1-6,9,12,14,16,23H,7-8,10-11,13H2. The predicted octanol–water partition coefficient (Wildman–Crippen LogP) is 4.59. The molecule has 6 heteroatoms. The van der Waals surface area contributed by atoms with Crippen LogP contribution in [-0.2, 0) is 6.54 Å². The number of furan rings is 2. The fourth-order valence-electron chi connectivity index (χ4n) is 3.38. The van der Waals surface area contributed by atoms with E-state index in [0.29, 0.717) is 23.2 Å². The molecule has 1 aromatic carbocycles. The van der Waals surface area contributed by atoms with E-state index in [1.165, 1.54) is 12.5 Å². The van der Waals surface area contributed by atoms with Crippen molar-refractivity contribution in [2.24, 2.45) is 0 Å². The highest BCUT2D eigenvalue weighted by atomic mass is 35.5. The average Bonchev–Trinajstić information content (AvgIpc) is 3.39. The van der Waals surface area contributed by atoms with E-state index in [1.807, 2.05) is 41.3 Å². The van der Waals surface area contributed by atoms with Crippen molar-refractivity contribution in [1.82, 2.24) is 10.2 Å². The first kappa shape index (κ1) is 17.9. The molecule has 0 atom stereocenters. The van der Waals surface area contributed by atoms with Gasteiger partial charge in [-0.1, -0.05) is 23.7 Å². The Bertz CT molecular complexity index is 896. The second-order valence-corrected chi connectivity index (χ2v) is 7.11. The molecule has 5 nitrogen and oxygen atoms in total. The molecule has 140 valence electrons. The van der Waals surface area contributed by atoms with Gasteiger partial charge in [0, 0.05) is 24.7 Å². The monoisotopic (exact) mass is 384 g/mol. The minimum Gasteiger partial charge on any atom is -0.472 e. The van der Waals surface area contributed by atoms with Gasteiger partial charge in [0.05, 0.1) is 23.4 Å². The number of carbonyl (C=O) groups excluding carboxylic acids is 1. The number of halogens is 1. The largest absolute Gasteiger partial charge is 0.472 e. The quantitative estimate of drug-likeness (QED) is 0.699. The zero-order valence-electron chi connectivity index (χ0n) is 14.9. The summed E-state index contributed by atoms with van der Waals surface area (Å²) < 4.78 is 10.9. The number of hydrogen-bond acceptors (Lipinski definition) is 4. The number of benzene rings is 1. The molecule has 0 bridgehead atoms. The maximum atomic E-state index is 12.3. The topological polar surface area (TPSA) is 58.6 Å². The molecule has 27 heavy (non-hydrogen) atoms. The SMILES string of the molecule is O=C(c1ccoc1)N1CCC(NCc2ccc(-c3ccccc3Cl)o2)CC1. The highest BCUT2D eigenvalue weighted by molar-refractivity contribution is 6.33. The summed E-state index contributed by atoms with van der Waals surface area (Å²) in [4.78, 5) is 14.2. The normalized spacial score (nSPS) is 15.2. The molecule has 0 unspecified atom stereocenters. The van der Waals surface area contributed by atoms with Gasteiger partial charge in [0.15, 0.2) is 0 Å². The van der Waals surface area contributed by atoms with Crippen LogP contribution in [0.1, 0.15) is 29.0 Å². The van der Waals surface area contributed by atoms with Gasteiger partial charge >= 0.3 is 0 Å². The molecule has 2 aromatic heterocycles. The maximum Gasteiger partial charge on any atom is 0.257 e. The Kier molecular flexibility index (Phi) is 5.32. The van der Waals surface area contributed by atoms with Gasteiger partial charge < -0.3 is 19.1 Å². The molecule has 1 aliphatic heterocycles. The van der Waals surface area contributed by atoms with Crippen LogP contribution < -0.4 is 5.32 Å². The van der Waals surface area contributed by atoms with Crippen LogP contribution in [0.3, 0.4) is 0 Å². The Balaban J connectivity index is 1.28. The summed E-state index contributed by atoms with van der Waals surface area (Å²) in [5, 5.41) is 4.21. The van der Waals surface area contributed by atoms with Crippen molar-refractivity contribution in [2.45, 2.75) is 25.4 Å². The fourth-order valence-corrected chi connectivity index (χ4v) is 3.61. The molecule has 0 aliphatic carbocycles. The Morgan fingerprint density at radius 2 is 1.96 bits per heavy atom. The van der Waals surface area contributed by atoms with Gasteiger partial charge in [-0.2, -0.15) is 0 Å². The van der Waals surface area contributed by atoms with E-state index in [0.717, 1.165) is 43.0 Å². The van der Waals surface area contributed by atoms with Crippen molar-refractivity contribution in [3.63, 3.8) is 0 Å². The van der Waals surface area contributed by atoms with Crippen molar-refractivity contribution < 1.29 is 13.6 Å². The molecule has 1 N–H and O–H groups in total. The second-order valence-electron chi connectivity index (χ2n) is 6.71. The van der Waals surface area contributed by atoms with Crippen molar-refractivity contribution in [1.29, 1.82) is 0 Å². The van der Waals surface area contributed by atoms with Crippen LogP contribution in [0.25, 0.3) is 11.3 Å². The smallest absolute Gasteiger partial charge is 0.257 e. The maximum absolute atomic E-state index is 12.3. The van der Waals surface area contributed by atoms with Crippen LogP contribution in [0.2, 0.25) is 5.02 Å². The summed E-state index contributed by atoms with van der Waals surface area (Å²) in [5.74, 6) is 1.69. The number of amides is 1. The number of hydrogen-bond donors (Lipinski definition) is 1. The van der Waals surface area contributed by atoms with Gasteiger partial charge in [-0.05, 0) is 43.2 Å². The predicted molar refractivity (Wildman–Crippen MR) is 104 cm³/mol. The highest BCUT2D eigenvalue weighted by Crippen LogP contribution is 2.29. The first-order chi connectivity index (χ1) is 13.2. The summed E-state index contributed by atoms with van der Waals surface area (Å²) in [6.45, 7) is 2.14. The lowest BCUT2D eigenvalue weighted by molar-refractivity contribution is 0.0703. The van der Waals surface area contributed by atoms with Crippen molar-refractivity contribution >= 4 is 17.5 Å². The summed E-state index contributed by atoms with van der Waals surface area (Å²) in [6, 6.07) is 13.7. The molecule has 3 aromatic rings.